The fraction of sp³-hybridized carbons (Fsp3) is 0.882. The molecule has 8 fully saturated rings. The fourth-order valence-corrected chi connectivity index (χ4v) is 18.5. The molecule has 0 saturated carbocycles. The summed E-state index contributed by atoms with van der Waals surface area (Å²) in [6.45, 7) is 70.4. The van der Waals surface area contributed by atoms with E-state index in [0.29, 0.717) is 166 Å². The molecule has 28 nitrogen and oxygen atoms in total. The lowest BCUT2D eigenvalue weighted by molar-refractivity contribution is -0.128. The first-order chi connectivity index (χ1) is 61.5. The summed E-state index contributed by atoms with van der Waals surface area (Å²) in [5, 5.41) is 50.3. The first-order valence-corrected chi connectivity index (χ1v) is 52.7. The number of piperidine rings is 6. The van der Waals surface area contributed by atoms with Gasteiger partial charge >= 0.3 is 0 Å². The molecule has 8 aliphatic rings. The highest BCUT2D eigenvalue weighted by molar-refractivity contribution is 7.92. The van der Waals surface area contributed by atoms with E-state index in [1.165, 1.54) is 0 Å². The van der Waals surface area contributed by atoms with Gasteiger partial charge in [-0.15, -0.1) is 10.2 Å². The van der Waals surface area contributed by atoms with Gasteiger partial charge in [0, 0.05) is 150 Å². The number of carbonyl (C=O) groups excluding carboxylic acids is 8. The standard InChI is InChI=1S/C13H25NO.C12H23NO2.C12H23NO.C11H21NO.C10H19NO.C9H19NO2S.C9H17NO.C8H15NO.C6H12N4.C6H11N3O.C6H12O2/c1-10(2)9-13(15)12-5-7-14(8-6-12)11(3)4;1-10(2)9-12(15)11-3-5-13(6-4-11)7-8-14;1-4-13-7-5-11(6-8-13)12(14)9-10(2)3;1-9(2)8-11(13)10-4-6-12(3)7-5-10;1-8(2)7-10(12)9-3-5-11-6-4-9;1-8(2)7-13(11,12)9-3-5-10-6-4-9;1-7(2)4-9(11)8-5-10(3)6-8;1-6(2)3-8(10)7-4-9-5-7;1-5(2)10-4-6(3-7)8-9-10;1-5(2)9-3-6(4-10)7-8-9;1-5(2)3-6(8)4-7/h10-12H,5-9H2,1-4H3;10-11,14H,3-9H2,1-2H3;10-11H,4-9H2,1-3H3;9-10H,4-8H2,1-3H3;8-9,11H,3-7H2,1-2H3;8-10H,3-7H2,1-2H3;7-8H,4-6H2,1-3H3;6-7,9H,3-5H2,1-2H3;4-5H,3,7H2,1-2H3;3,5,10H,4H2,1-2H3;5,7H,3-4H2,1-2H3. The molecule has 0 aromatic carbocycles. The van der Waals surface area contributed by atoms with Crippen LogP contribution in [0.4, 0.5) is 0 Å². The van der Waals surface area contributed by atoms with E-state index in [1.807, 2.05) is 47.7 Å². The quantitative estimate of drug-likeness (QED) is 0.0337. The number of hydrogen-bond acceptors (Lipinski definition) is 26. The van der Waals surface area contributed by atoms with Crippen LogP contribution in [-0.2, 0) is 61.3 Å². The summed E-state index contributed by atoms with van der Waals surface area (Å²) in [6, 6.07) is 1.31. The van der Waals surface area contributed by atoms with E-state index in [1.54, 1.807) is 15.6 Å². The summed E-state index contributed by atoms with van der Waals surface area (Å²) in [5.74, 6) is 10.2. The molecule has 2 aromatic heterocycles. The number of nitrogens with two attached hydrogens (primary N) is 1. The lowest BCUT2D eigenvalue weighted by atomic mass is 9.88. The molecule has 0 aliphatic carbocycles. The van der Waals surface area contributed by atoms with Crippen molar-refractivity contribution in [3.63, 3.8) is 0 Å². The molecule has 0 amide bonds. The Bertz CT molecular complexity index is 3390. The van der Waals surface area contributed by atoms with Gasteiger partial charge < -0.3 is 61.5 Å². The Morgan fingerprint density at radius 1 is 0.389 bits per heavy atom. The Balaban J connectivity index is 0.00000142. The Labute approximate surface area is 797 Å². The van der Waals surface area contributed by atoms with Gasteiger partial charge in [0.15, 0.2) is 15.6 Å². The molecule has 10 heterocycles. The van der Waals surface area contributed by atoms with E-state index in [2.05, 4.69) is 207 Å². The van der Waals surface area contributed by atoms with Crippen molar-refractivity contribution < 1.29 is 62.1 Å². The van der Waals surface area contributed by atoms with Crippen LogP contribution < -0.4 is 21.7 Å². The number of carbonyl (C=O) groups is 8. The second-order valence-corrected chi connectivity index (χ2v) is 45.0. The minimum absolute atomic E-state index is 0.0350. The van der Waals surface area contributed by atoms with Gasteiger partial charge in [0.1, 0.15) is 52.8 Å². The summed E-state index contributed by atoms with van der Waals surface area (Å²) in [4.78, 5) is 103. The zero-order valence-corrected chi connectivity index (χ0v) is 88.8. The van der Waals surface area contributed by atoms with Crippen LogP contribution in [0, 0.1) is 94.7 Å². The molecule has 764 valence electrons. The third-order valence-electron chi connectivity index (χ3n) is 24.4. The zero-order valence-electron chi connectivity index (χ0n) is 87.9. The van der Waals surface area contributed by atoms with E-state index in [0.717, 1.165) is 245 Å². The maximum Gasteiger partial charge on any atom is 0.158 e. The topological polar surface area (TPSA) is 371 Å². The number of aliphatic hydroxyl groups is 3. The monoisotopic (exact) mass is 1870 g/mol. The van der Waals surface area contributed by atoms with Crippen LogP contribution in [0.25, 0.3) is 0 Å². The number of sulfone groups is 1. The summed E-state index contributed by atoms with van der Waals surface area (Å²) >= 11 is 0. The maximum atomic E-state index is 11.9. The second kappa shape index (κ2) is 71.6. The predicted molar refractivity (Wildman–Crippen MR) is 536 cm³/mol. The van der Waals surface area contributed by atoms with E-state index < -0.39 is 9.84 Å². The first kappa shape index (κ1) is 126. The predicted octanol–water partition coefficient (Wildman–Crippen LogP) is 14.0. The van der Waals surface area contributed by atoms with Crippen molar-refractivity contribution in [2.45, 2.75) is 338 Å². The number of rotatable bonds is 35. The second-order valence-electron chi connectivity index (χ2n) is 42.7. The van der Waals surface area contributed by atoms with Crippen LogP contribution in [-0.4, -0.2) is 287 Å². The van der Waals surface area contributed by atoms with Crippen molar-refractivity contribution in [1.29, 1.82) is 0 Å². The Kier molecular flexibility index (Phi) is 68.9. The highest BCUT2D eigenvalue weighted by atomic mass is 32.2. The highest BCUT2D eigenvalue weighted by Gasteiger charge is 2.33. The van der Waals surface area contributed by atoms with Crippen molar-refractivity contribution in [2.24, 2.45) is 100 Å². The molecule has 10 rings (SSSR count). The van der Waals surface area contributed by atoms with E-state index >= 15 is 0 Å². The molecule has 8 saturated heterocycles. The molecule has 29 heteroatoms. The third kappa shape index (κ3) is 60.4. The number of nitrogens with one attached hydrogen (secondary N) is 3. The zero-order chi connectivity index (χ0) is 99.6. The molecular formula is C102H197N15O13S. The summed E-state index contributed by atoms with van der Waals surface area (Å²) in [7, 11) is 1.36. The van der Waals surface area contributed by atoms with E-state index in [4.69, 9.17) is 21.1 Å². The van der Waals surface area contributed by atoms with Gasteiger partial charge in [-0.05, 0) is 271 Å². The van der Waals surface area contributed by atoms with Gasteiger partial charge in [-0.2, -0.15) is 0 Å². The Hall–Kier alpha value is -4.89. The van der Waals surface area contributed by atoms with Crippen LogP contribution in [0.2, 0.25) is 0 Å². The Morgan fingerprint density at radius 2 is 0.710 bits per heavy atom. The summed E-state index contributed by atoms with van der Waals surface area (Å²) in [5.41, 5.74) is 6.81. The number of aromatic nitrogens is 6. The van der Waals surface area contributed by atoms with Crippen molar-refractivity contribution >= 4 is 56.1 Å². The minimum Gasteiger partial charge on any atom is -0.395 e. The van der Waals surface area contributed by atoms with Gasteiger partial charge in [0.05, 0.1) is 42.3 Å². The van der Waals surface area contributed by atoms with Crippen molar-refractivity contribution in [1.82, 2.24) is 70.4 Å². The van der Waals surface area contributed by atoms with Crippen molar-refractivity contribution in [3.05, 3.63) is 23.8 Å². The van der Waals surface area contributed by atoms with Gasteiger partial charge in [-0.3, -0.25) is 38.4 Å². The lowest BCUT2D eigenvalue weighted by Gasteiger charge is -2.35. The smallest absolute Gasteiger partial charge is 0.158 e. The van der Waals surface area contributed by atoms with Gasteiger partial charge in [0.2, 0.25) is 0 Å². The lowest BCUT2D eigenvalue weighted by Crippen LogP contribution is -2.47. The third-order valence-corrected chi connectivity index (χ3v) is 27.0. The molecular weight excluding hydrogens is 1680 g/mol. The van der Waals surface area contributed by atoms with Crippen LogP contribution in [0.5, 0.6) is 0 Å². The number of aliphatic hydroxyl groups excluding tert-OH is 3. The average Bonchev–Trinajstić information content (AvgIpc) is 1.31. The Morgan fingerprint density at radius 3 is 0.977 bits per heavy atom. The SMILES string of the molecule is CC(C)CC(=O)C1CCN(C(C)C)CC1.CC(C)CC(=O)C1CCN(C)CC1.CC(C)CC(=O)C1CCN(CCO)CC1.CC(C)CC(=O)C1CCNCC1.CC(C)CC(=O)C1CN(C)C1.CC(C)CC(=O)C1CNC1.CC(C)CC(=O)CO.CC(C)CS(=O)(=O)C1CCNCC1.CC(C)n1cc(CN)nn1.CC(C)n1cc(CO)nn1.CCN1CCC(C(=O)CC(C)C)CC1. The average molecular weight is 1870 g/mol. The number of ketones is 8. The van der Waals surface area contributed by atoms with Crippen LogP contribution in [0.3, 0.4) is 0 Å². The maximum absolute atomic E-state index is 11.9. The number of β-amino-alcohol motifs (C(OH)–C–C–N with tert-alkyl or cyclic N) is 1. The number of Topliss-reactive ketones (excluding diaryl/α,β-unsaturated/α-hetero) is 8. The van der Waals surface area contributed by atoms with Crippen LogP contribution in [0.15, 0.2) is 12.4 Å². The van der Waals surface area contributed by atoms with Crippen molar-refractivity contribution in [3.8, 4) is 0 Å². The van der Waals surface area contributed by atoms with Crippen LogP contribution >= 0.6 is 0 Å². The molecule has 0 spiro atoms. The molecule has 0 bridgehead atoms. The molecule has 0 atom stereocenters. The minimum atomic E-state index is -2.82. The number of likely N-dealkylation sites (tertiary alicyclic amines) is 5. The molecule has 0 unspecified atom stereocenters. The number of nitrogens with zero attached hydrogens (tertiary/aromatic N) is 11. The number of hydrogen-bond donors (Lipinski definition) is 7. The summed E-state index contributed by atoms with van der Waals surface area (Å²) in [6.07, 6.45) is 21.5. The largest absolute Gasteiger partial charge is 0.395 e. The highest BCUT2D eigenvalue weighted by Crippen LogP contribution is 2.27. The molecule has 2 aromatic rings. The van der Waals surface area contributed by atoms with Crippen molar-refractivity contribution in [2.75, 3.05) is 151 Å². The summed E-state index contributed by atoms with van der Waals surface area (Å²) < 4.78 is 27.0. The van der Waals surface area contributed by atoms with Gasteiger partial charge in [-0.1, -0.05) is 142 Å². The molecule has 131 heavy (non-hydrogen) atoms. The van der Waals surface area contributed by atoms with Crippen LogP contribution in [0.1, 0.15) is 325 Å². The first-order valence-electron chi connectivity index (χ1n) is 51.0. The van der Waals surface area contributed by atoms with E-state index in [-0.39, 0.29) is 42.7 Å². The molecule has 8 aliphatic heterocycles. The van der Waals surface area contributed by atoms with Gasteiger partial charge in [0.25, 0.3) is 0 Å². The molecule has 8 N–H and O–H groups in total. The van der Waals surface area contributed by atoms with E-state index in [9.17, 15) is 46.8 Å². The normalized spacial score (nSPS) is 18.1. The molecule has 0 radical (unpaired) electrons. The van der Waals surface area contributed by atoms with Gasteiger partial charge in [-0.25, -0.2) is 17.8 Å². The fourth-order valence-electron chi connectivity index (χ4n) is 16.4.